The number of carbonyl (C=O) groups excluding carboxylic acids is 1. The molecule has 0 aliphatic carbocycles. The lowest BCUT2D eigenvalue weighted by atomic mass is 10.2. The number of nitrogens with one attached hydrogen (secondary N) is 1. The lowest BCUT2D eigenvalue weighted by Gasteiger charge is -2.15. The van der Waals surface area contributed by atoms with Crippen molar-refractivity contribution < 1.29 is 4.79 Å². The molecule has 3 rings (SSSR count). The van der Waals surface area contributed by atoms with Crippen molar-refractivity contribution >= 4 is 34.3 Å². The van der Waals surface area contributed by atoms with E-state index in [1.165, 1.54) is 11.8 Å². The molecule has 3 aromatic rings. The molecule has 0 radical (unpaired) electrons. The van der Waals surface area contributed by atoms with Crippen LogP contribution in [-0.4, -0.2) is 30.5 Å². The number of hydrogen-bond acceptors (Lipinski definition) is 5. The van der Waals surface area contributed by atoms with Crippen LogP contribution in [0.2, 0.25) is 0 Å². The number of nitrogens with zero attached hydrogens (tertiary/aromatic N) is 4. The Morgan fingerprint density at radius 1 is 1.36 bits per heavy atom. The molecule has 8 heteroatoms. The molecule has 7 nitrogen and oxygen atoms in total. The van der Waals surface area contributed by atoms with Gasteiger partial charge in [0, 0.05) is 13.6 Å². The maximum absolute atomic E-state index is 12.8. The first kappa shape index (κ1) is 19.9. The SMILES string of the molecule is C=CCn1c(S[C@@H](C)C(=O)Nc2c(C)nn(C)c2C)nc2ccccc2c1=O. The van der Waals surface area contributed by atoms with Crippen molar-refractivity contribution in [2.45, 2.75) is 37.7 Å². The van der Waals surface area contributed by atoms with E-state index in [-0.39, 0.29) is 11.5 Å². The van der Waals surface area contributed by atoms with Gasteiger partial charge in [-0.25, -0.2) is 4.98 Å². The quantitative estimate of drug-likeness (QED) is 0.393. The van der Waals surface area contributed by atoms with Crippen LogP contribution in [0.5, 0.6) is 0 Å². The van der Waals surface area contributed by atoms with Crippen LogP contribution >= 0.6 is 11.8 Å². The average Bonchev–Trinajstić information content (AvgIpc) is 2.91. The van der Waals surface area contributed by atoms with E-state index in [1.807, 2.05) is 33.0 Å². The molecule has 1 N–H and O–H groups in total. The second kappa shape index (κ2) is 8.02. The number of fused-ring (bicyclic) bond motifs is 1. The highest BCUT2D eigenvalue weighted by atomic mass is 32.2. The first-order chi connectivity index (χ1) is 13.3. The van der Waals surface area contributed by atoms with Gasteiger partial charge in [0.25, 0.3) is 5.56 Å². The summed E-state index contributed by atoms with van der Waals surface area (Å²) in [5.74, 6) is -0.170. The predicted octanol–water partition coefficient (Wildman–Crippen LogP) is 3.05. The third-order valence-electron chi connectivity index (χ3n) is 4.55. The predicted molar refractivity (Wildman–Crippen MR) is 113 cm³/mol. The zero-order chi connectivity index (χ0) is 20.4. The van der Waals surface area contributed by atoms with E-state index in [1.54, 1.807) is 34.4 Å². The molecule has 146 valence electrons. The highest BCUT2D eigenvalue weighted by molar-refractivity contribution is 8.00. The summed E-state index contributed by atoms with van der Waals surface area (Å²) >= 11 is 1.25. The molecule has 0 bridgehead atoms. The average molecular weight is 398 g/mol. The summed E-state index contributed by atoms with van der Waals surface area (Å²) in [6.45, 7) is 9.60. The second-order valence-corrected chi connectivity index (χ2v) is 7.84. The van der Waals surface area contributed by atoms with E-state index in [0.29, 0.717) is 22.6 Å². The van der Waals surface area contributed by atoms with Crippen LogP contribution in [0.1, 0.15) is 18.3 Å². The van der Waals surface area contributed by atoms with E-state index < -0.39 is 5.25 Å². The van der Waals surface area contributed by atoms with Gasteiger partial charge in [-0.2, -0.15) is 5.10 Å². The number of rotatable bonds is 6. The number of allylic oxidation sites excluding steroid dienone is 1. The van der Waals surface area contributed by atoms with Crippen LogP contribution in [-0.2, 0) is 18.4 Å². The van der Waals surface area contributed by atoms with E-state index in [9.17, 15) is 9.59 Å². The molecule has 1 amide bonds. The monoisotopic (exact) mass is 397 g/mol. The van der Waals surface area contributed by atoms with Gasteiger partial charge in [0.1, 0.15) is 0 Å². The van der Waals surface area contributed by atoms with Crippen LogP contribution in [0.3, 0.4) is 0 Å². The number of aryl methyl sites for hydroxylation is 2. The Bertz CT molecular complexity index is 1120. The topological polar surface area (TPSA) is 81.8 Å². The largest absolute Gasteiger partial charge is 0.322 e. The van der Waals surface area contributed by atoms with E-state index in [0.717, 1.165) is 17.1 Å². The molecule has 1 aromatic carbocycles. The van der Waals surface area contributed by atoms with Crippen LogP contribution in [0, 0.1) is 13.8 Å². The van der Waals surface area contributed by atoms with Gasteiger partial charge in [-0.05, 0) is 32.9 Å². The zero-order valence-corrected chi connectivity index (χ0v) is 17.2. The molecule has 2 heterocycles. The standard InChI is InChI=1S/C20H23N5O2S/c1-6-11-25-19(27)15-9-7-8-10-16(15)21-20(25)28-14(4)18(26)22-17-12(2)23-24(5)13(17)3/h6-10,14H,1,11H2,2-5H3,(H,22,26)/t14-/m0/s1. The lowest BCUT2D eigenvalue weighted by molar-refractivity contribution is -0.115. The summed E-state index contributed by atoms with van der Waals surface area (Å²) in [5, 5.41) is 7.85. The molecule has 0 unspecified atom stereocenters. The van der Waals surface area contributed by atoms with Crippen LogP contribution < -0.4 is 10.9 Å². The molecule has 0 fully saturated rings. The third-order valence-corrected chi connectivity index (χ3v) is 5.64. The van der Waals surface area contributed by atoms with Gasteiger partial charge in [0.2, 0.25) is 5.91 Å². The molecule has 0 saturated carbocycles. The number of amides is 1. The van der Waals surface area contributed by atoms with Gasteiger partial charge in [0.15, 0.2) is 5.16 Å². The molecular weight excluding hydrogens is 374 g/mol. The van der Waals surface area contributed by atoms with E-state index in [2.05, 4.69) is 22.0 Å². The van der Waals surface area contributed by atoms with Crippen LogP contribution in [0.15, 0.2) is 46.9 Å². The summed E-state index contributed by atoms with van der Waals surface area (Å²) in [6, 6.07) is 7.20. The number of aromatic nitrogens is 4. The number of carbonyl (C=O) groups is 1. The van der Waals surface area contributed by atoms with Crippen molar-refractivity contribution in [1.82, 2.24) is 19.3 Å². The van der Waals surface area contributed by atoms with E-state index in [4.69, 9.17) is 0 Å². The Kier molecular flexibility index (Phi) is 5.69. The number of hydrogen-bond donors (Lipinski definition) is 1. The second-order valence-electron chi connectivity index (χ2n) is 6.53. The van der Waals surface area contributed by atoms with Crippen LogP contribution in [0.4, 0.5) is 5.69 Å². The summed E-state index contributed by atoms with van der Waals surface area (Å²) in [5.41, 5.74) is 2.84. The fourth-order valence-corrected chi connectivity index (χ4v) is 3.84. The van der Waals surface area contributed by atoms with Crippen molar-refractivity contribution in [3.05, 3.63) is 58.7 Å². The van der Waals surface area contributed by atoms with Gasteiger partial charge >= 0.3 is 0 Å². The van der Waals surface area contributed by atoms with Crippen molar-refractivity contribution in [1.29, 1.82) is 0 Å². The van der Waals surface area contributed by atoms with Crippen molar-refractivity contribution in [3.63, 3.8) is 0 Å². The molecule has 2 aromatic heterocycles. The molecule has 1 atom stereocenters. The Morgan fingerprint density at radius 3 is 2.71 bits per heavy atom. The number of benzene rings is 1. The maximum Gasteiger partial charge on any atom is 0.262 e. The van der Waals surface area contributed by atoms with Gasteiger partial charge in [-0.3, -0.25) is 18.8 Å². The fourth-order valence-electron chi connectivity index (χ4n) is 2.92. The third kappa shape index (κ3) is 3.73. The summed E-state index contributed by atoms with van der Waals surface area (Å²) < 4.78 is 3.28. The van der Waals surface area contributed by atoms with Crippen molar-refractivity contribution in [2.75, 3.05) is 5.32 Å². The number of thioether (sulfide) groups is 1. The first-order valence-electron chi connectivity index (χ1n) is 8.91. The highest BCUT2D eigenvalue weighted by Crippen LogP contribution is 2.25. The molecule has 0 aliphatic heterocycles. The molecule has 0 saturated heterocycles. The van der Waals surface area contributed by atoms with Crippen LogP contribution in [0.25, 0.3) is 10.9 Å². The fraction of sp³-hybridized carbons (Fsp3) is 0.300. The van der Waals surface area contributed by atoms with E-state index >= 15 is 0 Å². The van der Waals surface area contributed by atoms with Gasteiger partial charge in [-0.15, -0.1) is 6.58 Å². The first-order valence-corrected chi connectivity index (χ1v) is 9.79. The summed E-state index contributed by atoms with van der Waals surface area (Å²) in [6.07, 6.45) is 1.65. The van der Waals surface area contributed by atoms with Crippen molar-refractivity contribution in [2.24, 2.45) is 7.05 Å². The minimum Gasteiger partial charge on any atom is -0.322 e. The van der Waals surface area contributed by atoms with Gasteiger partial charge in [0.05, 0.1) is 33.2 Å². The minimum absolute atomic E-state index is 0.139. The van der Waals surface area contributed by atoms with Gasteiger partial charge < -0.3 is 5.32 Å². The van der Waals surface area contributed by atoms with Gasteiger partial charge in [-0.1, -0.05) is 30.0 Å². The molecule has 0 spiro atoms. The molecule has 0 aliphatic rings. The Morgan fingerprint density at radius 2 is 2.07 bits per heavy atom. The zero-order valence-electron chi connectivity index (χ0n) is 16.4. The number of para-hydroxylation sites is 1. The summed E-state index contributed by atoms with van der Waals surface area (Å²) in [7, 11) is 1.84. The normalized spacial score (nSPS) is 12.1. The Hall–Kier alpha value is -2.87. The lowest BCUT2D eigenvalue weighted by Crippen LogP contribution is -2.27. The van der Waals surface area contributed by atoms with Crippen molar-refractivity contribution in [3.8, 4) is 0 Å². The molecule has 28 heavy (non-hydrogen) atoms. The summed E-state index contributed by atoms with van der Waals surface area (Å²) in [4.78, 5) is 30.2. The molecular formula is C20H23N5O2S. The highest BCUT2D eigenvalue weighted by Gasteiger charge is 2.21. The number of anilines is 1. The maximum atomic E-state index is 12.8. The Labute approximate surface area is 167 Å². The minimum atomic E-state index is -0.455. The smallest absolute Gasteiger partial charge is 0.262 e. The Balaban J connectivity index is 1.90.